The fourth-order valence-corrected chi connectivity index (χ4v) is 10.5. The molecule has 0 aliphatic carbocycles. The summed E-state index contributed by atoms with van der Waals surface area (Å²) in [6.07, 6.45) is 94.8. The molecule has 0 rings (SSSR count). The van der Waals surface area contributed by atoms with Crippen LogP contribution >= 0.6 is 0 Å². The standard InChI is InChI=1S/C77H136O6/c1-4-7-10-13-16-19-22-25-27-29-31-33-35-36-37-38-39-40-42-43-45-47-49-52-55-58-61-64-67-70-76(79)82-73-74(72-81-75(78)69-66-63-60-57-54-51-24-21-18-15-12-9-6-3)83-77(80)71-68-65-62-59-56-53-50-48-46-44-41-34-32-30-28-26-23-20-17-14-11-8-5-2/h9,12,18,21-22,25,29-32,35-36,51,54,74H,4-8,10-11,13-17,19-20,23-24,26-28,33-34,37-50,52-53,55-73H2,1-3H3/b12-9-,21-18-,25-22-,31-29-,32-30-,36-35-,54-51-. The summed E-state index contributed by atoms with van der Waals surface area (Å²) >= 11 is 0. The van der Waals surface area contributed by atoms with Crippen molar-refractivity contribution in [2.75, 3.05) is 13.2 Å². The van der Waals surface area contributed by atoms with Gasteiger partial charge in [0, 0.05) is 19.3 Å². The molecule has 0 spiro atoms. The van der Waals surface area contributed by atoms with E-state index in [4.69, 9.17) is 14.2 Å². The maximum Gasteiger partial charge on any atom is 0.306 e. The number of unbranched alkanes of at least 4 members (excludes halogenated alkanes) is 41. The lowest BCUT2D eigenvalue weighted by Crippen LogP contribution is -2.30. The topological polar surface area (TPSA) is 78.9 Å². The van der Waals surface area contributed by atoms with Crippen molar-refractivity contribution in [2.45, 2.75) is 374 Å². The molecule has 6 heteroatoms. The van der Waals surface area contributed by atoms with Gasteiger partial charge in [-0.3, -0.25) is 14.4 Å². The molecule has 0 saturated heterocycles. The van der Waals surface area contributed by atoms with Crippen LogP contribution in [0.25, 0.3) is 0 Å². The summed E-state index contributed by atoms with van der Waals surface area (Å²) in [5, 5.41) is 0. The van der Waals surface area contributed by atoms with Gasteiger partial charge in [0.15, 0.2) is 6.10 Å². The van der Waals surface area contributed by atoms with Crippen LogP contribution in [0.4, 0.5) is 0 Å². The van der Waals surface area contributed by atoms with Gasteiger partial charge in [-0.25, -0.2) is 0 Å². The van der Waals surface area contributed by atoms with E-state index in [1.807, 2.05) is 0 Å². The molecule has 0 radical (unpaired) electrons. The average Bonchev–Trinajstić information content (AvgIpc) is 3.49. The number of carbonyl (C=O) groups excluding carboxylic acids is 3. The minimum atomic E-state index is -0.791. The Labute approximate surface area is 515 Å². The summed E-state index contributed by atoms with van der Waals surface area (Å²) in [6, 6.07) is 0. The van der Waals surface area contributed by atoms with Gasteiger partial charge in [-0.05, 0) is 116 Å². The highest BCUT2D eigenvalue weighted by atomic mass is 16.6. The lowest BCUT2D eigenvalue weighted by molar-refractivity contribution is -0.167. The van der Waals surface area contributed by atoms with E-state index < -0.39 is 6.10 Å². The fourth-order valence-electron chi connectivity index (χ4n) is 10.5. The van der Waals surface area contributed by atoms with Gasteiger partial charge in [-0.15, -0.1) is 0 Å². The second-order valence-electron chi connectivity index (χ2n) is 24.1. The second kappa shape index (κ2) is 71.1. The van der Waals surface area contributed by atoms with Crippen LogP contribution in [0.3, 0.4) is 0 Å². The molecule has 0 bridgehead atoms. The Morgan fingerprint density at radius 2 is 0.470 bits per heavy atom. The van der Waals surface area contributed by atoms with Crippen molar-refractivity contribution in [3.05, 3.63) is 85.1 Å². The highest BCUT2D eigenvalue weighted by molar-refractivity contribution is 5.71. The van der Waals surface area contributed by atoms with Crippen molar-refractivity contribution in [2.24, 2.45) is 0 Å². The molecule has 1 atom stereocenters. The van der Waals surface area contributed by atoms with Crippen LogP contribution in [-0.2, 0) is 28.6 Å². The third-order valence-corrected chi connectivity index (χ3v) is 15.9. The van der Waals surface area contributed by atoms with E-state index in [-0.39, 0.29) is 31.1 Å². The van der Waals surface area contributed by atoms with Crippen LogP contribution in [0.5, 0.6) is 0 Å². The first-order chi connectivity index (χ1) is 41.0. The van der Waals surface area contributed by atoms with Crippen LogP contribution in [0, 0.1) is 0 Å². The van der Waals surface area contributed by atoms with Gasteiger partial charge in [-0.1, -0.05) is 318 Å². The van der Waals surface area contributed by atoms with Crippen LogP contribution in [0.1, 0.15) is 367 Å². The first-order valence-corrected chi connectivity index (χ1v) is 36.1. The smallest absolute Gasteiger partial charge is 0.306 e. The van der Waals surface area contributed by atoms with Crippen molar-refractivity contribution in [3.8, 4) is 0 Å². The third-order valence-electron chi connectivity index (χ3n) is 15.9. The van der Waals surface area contributed by atoms with Gasteiger partial charge in [0.2, 0.25) is 0 Å². The molecule has 0 saturated carbocycles. The van der Waals surface area contributed by atoms with Gasteiger partial charge in [-0.2, -0.15) is 0 Å². The van der Waals surface area contributed by atoms with E-state index in [9.17, 15) is 14.4 Å². The highest BCUT2D eigenvalue weighted by Crippen LogP contribution is 2.17. The molecule has 1 unspecified atom stereocenters. The van der Waals surface area contributed by atoms with Crippen LogP contribution in [-0.4, -0.2) is 37.2 Å². The Bertz CT molecular complexity index is 1570. The molecule has 0 fully saturated rings. The zero-order valence-electron chi connectivity index (χ0n) is 55.2. The zero-order valence-corrected chi connectivity index (χ0v) is 55.2. The molecular formula is C77H136O6. The molecule has 0 aliphatic rings. The number of esters is 3. The summed E-state index contributed by atoms with van der Waals surface area (Å²) in [5.74, 6) is -0.898. The second-order valence-corrected chi connectivity index (χ2v) is 24.1. The van der Waals surface area contributed by atoms with E-state index in [1.54, 1.807) is 0 Å². The first-order valence-electron chi connectivity index (χ1n) is 36.1. The molecule has 6 nitrogen and oxygen atoms in total. The fraction of sp³-hybridized carbons (Fsp3) is 0.779. The molecule has 83 heavy (non-hydrogen) atoms. The monoisotopic (exact) mass is 1160 g/mol. The largest absolute Gasteiger partial charge is 0.462 e. The van der Waals surface area contributed by atoms with Gasteiger partial charge in [0.05, 0.1) is 0 Å². The minimum absolute atomic E-state index is 0.0842. The number of ether oxygens (including phenoxy) is 3. The van der Waals surface area contributed by atoms with Gasteiger partial charge >= 0.3 is 17.9 Å². The molecule has 0 aliphatic heterocycles. The molecule has 0 amide bonds. The molecule has 0 heterocycles. The Morgan fingerprint density at radius 1 is 0.253 bits per heavy atom. The molecule has 0 aromatic carbocycles. The summed E-state index contributed by atoms with van der Waals surface area (Å²) in [7, 11) is 0. The number of rotatable bonds is 66. The van der Waals surface area contributed by atoms with E-state index in [0.29, 0.717) is 19.3 Å². The Hall–Kier alpha value is -3.41. The lowest BCUT2D eigenvalue weighted by atomic mass is 10.0. The lowest BCUT2D eigenvalue weighted by Gasteiger charge is -2.18. The Morgan fingerprint density at radius 3 is 0.759 bits per heavy atom. The summed E-state index contributed by atoms with van der Waals surface area (Å²) < 4.78 is 17.0. The number of hydrogen-bond donors (Lipinski definition) is 0. The molecule has 0 aromatic rings. The van der Waals surface area contributed by atoms with E-state index in [0.717, 1.165) is 96.3 Å². The van der Waals surface area contributed by atoms with Crippen LogP contribution < -0.4 is 0 Å². The van der Waals surface area contributed by atoms with Crippen molar-refractivity contribution in [3.63, 3.8) is 0 Å². The number of allylic oxidation sites excluding steroid dienone is 14. The third kappa shape index (κ3) is 69.3. The van der Waals surface area contributed by atoms with Gasteiger partial charge in [0.1, 0.15) is 13.2 Å². The van der Waals surface area contributed by atoms with Gasteiger partial charge < -0.3 is 14.2 Å². The summed E-state index contributed by atoms with van der Waals surface area (Å²) in [6.45, 7) is 6.54. The zero-order chi connectivity index (χ0) is 59.9. The maximum atomic E-state index is 13.0. The summed E-state index contributed by atoms with van der Waals surface area (Å²) in [4.78, 5) is 38.4. The molecule has 0 N–H and O–H groups in total. The predicted molar refractivity (Wildman–Crippen MR) is 362 cm³/mol. The first kappa shape index (κ1) is 79.6. The quantitative estimate of drug-likeness (QED) is 0.0261. The Kier molecular flexibility index (Phi) is 68.2. The van der Waals surface area contributed by atoms with Crippen LogP contribution in [0.15, 0.2) is 85.1 Å². The maximum absolute atomic E-state index is 13.0. The van der Waals surface area contributed by atoms with Crippen molar-refractivity contribution in [1.82, 2.24) is 0 Å². The Balaban J connectivity index is 4.25. The van der Waals surface area contributed by atoms with Crippen LogP contribution in [0.2, 0.25) is 0 Å². The summed E-state index contributed by atoms with van der Waals surface area (Å²) in [5.41, 5.74) is 0. The minimum Gasteiger partial charge on any atom is -0.462 e. The highest BCUT2D eigenvalue weighted by Gasteiger charge is 2.19. The average molecular weight is 1160 g/mol. The van der Waals surface area contributed by atoms with E-state index in [1.165, 1.54) is 231 Å². The SMILES string of the molecule is CC/C=C\C/C=C\C/C=C\CCCCCC(=O)OCC(COC(=O)CCCCCCCCCCCCCCCC/C=C\C/C=C\C/C=C\CCCCCCC)OC(=O)CCCCCCCCCCCCC/C=C\CCCCCCCCCC. The van der Waals surface area contributed by atoms with E-state index in [2.05, 4.69) is 106 Å². The van der Waals surface area contributed by atoms with Crippen molar-refractivity contribution in [1.29, 1.82) is 0 Å². The molecular weight excluding hydrogens is 1020 g/mol. The predicted octanol–water partition coefficient (Wildman–Crippen LogP) is 25.0. The number of hydrogen-bond acceptors (Lipinski definition) is 6. The molecule has 480 valence electrons. The normalized spacial score (nSPS) is 12.6. The van der Waals surface area contributed by atoms with Gasteiger partial charge in [0.25, 0.3) is 0 Å². The van der Waals surface area contributed by atoms with E-state index >= 15 is 0 Å². The van der Waals surface area contributed by atoms with Crippen molar-refractivity contribution >= 4 is 17.9 Å². The van der Waals surface area contributed by atoms with Crippen molar-refractivity contribution < 1.29 is 28.6 Å². The molecule has 0 aromatic heterocycles. The number of carbonyl (C=O) groups is 3.